The van der Waals surface area contributed by atoms with Gasteiger partial charge in [-0.1, -0.05) is 25.7 Å². The van der Waals surface area contributed by atoms with E-state index >= 15 is 0 Å². The average Bonchev–Trinajstić information content (AvgIpc) is 2.97. The van der Waals surface area contributed by atoms with E-state index in [4.69, 9.17) is 9.47 Å². The predicted molar refractivity (Wildman–Crippen MR) is 116 cm³/mol. The Bertz CT molecular complexity index is 1270. The zero-order valence-electron chi connectivity index (χ0n) is 17.2. The van der Waals surface area contributed by atoms with Crippen molar-refractivity contribution in [3.05, 3.63) is 34.7 Å². The second kappa shape index (κ2) is 8.72. The van der Waals surface area contributed by atoms with Crippen LogP contribution >= 0.6 is 0 Å². The first kappa shape index (κ1) is 21.4. The molecule has 1 aliphatic rings. The van der Waals surface area contributed by atoms with Crippen LogP contribution in [-0.4, -0.2) is 37.2 Å². The largest absolute Gasteiger partial charge is 0.513 e. The maximum Gasteiger partial charge on any atom is 0.513 e. The van der Waals surface area contributed by atoms with Gasteiger partial charge in [-0.05, 0) is 38.0 Å². The standard InChI is InChI=1S/C21H25N3O6S/c1-2-29-21(26)30-17-12-22-19-18(17)15-11-14(9-10-16(15)23-20(19)25)31(27,28)24-13-7-5-3-4-6-8-13/h9-13,22,24H,2-8H2,1H3,(H,23,25). The monoisotopic (exact) mass is 447 g/mol. The minimum atomic E-state index is -3.76. The van der Waals surface area contributed by atoms with E-state index in [1.165, 1.54) is 18.3 Å². The van der Waals surface area contributed by atoms with Gasteiger partial charge in [-0.15, -0.1) is 0 Å². The molecule has 166 valence electrons. The summed E-state index contributed by atoms with van der Waals surface area (Å²) in [6.45, 7) is 1.78. The number of fused-ring (bicyclic) bond motifs is 3. The van der Waals surface area contributed by atoms with Gasteiger partial charge in [0.25, 0.3) is 5.56 Å². The van der Waals surface area contributed by atoms with E-state index < -0.39 is 21.7 Å². The van der Waals surface area contributed by atoms with Crippen LogP contribution in [0.25, 0.3) is 21.8 Å². The lowest BCUT2D eigenvalue weighted by Crippen LogP contribution is -2.34. The van der Waals surface area contributed by atoms with Gasteiger partial charge in [0.05, 0.1) is 16.9 Å². The molecule has 0 bridgehead atoms. The molecule has 2 aromatic heterocycles. The summed E-state index contributed by atoms with van der Waals surface area (Å²) in [6.07, 6.45) is 6.36. The number of aromatic amines is 2. The van der Waals surface area contributed by atoms with E-state index in [1.807, 2.05) is 0 Å². The Morgan fingerprint density at radius 1 is 1.19 bits per heavy atom. The molecule has 3 N–H and O–H groups in total. The fourth-order valence-corrected chi connectivity index (χ4v) is 5.38. The van der Waals surface area contributed by atoms with Gasteiger partial charge in [-0.25, -0.2) is 17.9 Å². The topological polar surface area (TPSA) is 130 Å². The molecule has 0 spiro atoms. The van der Waals surface area contributed by atoms with E-state index in [0.717, 1.165) is 38.5 Å². The van der Waals surface area contributed by atoms with Crippen LogP contribution < -0.4 is 15.0 Å². The smallest absolute Gasteiger partial charge is 0.434 e. The van der Waals surface area contributed by atoms with Gasteiger partial charge in [0, 0.05) is 23.1 Å². The van der Waals surface area contributed by atoms with Crippen LogP contribution in [0.5, 0.6) is 5.75 Å². The molecular formula is C21H25N3O6S. The van der Waals surface area contributed by atoms with Crippen molar-refractivity contribution in [2.24, 2.45) is 0 Å². The fourth-order valence-electron chi connectivity index (χ4n) is 4.05. The number of benzene rings is 1. The van der Waals surface area contributed by atoms with E-state index in [0.29, 0.717) is 16.3 Å². The third-order valence-corrected chi connectivity index (χ3v) is 7.04. The van der Waals surface area contributed by atoms with Crippen molar-refractivity contribution in [3.63, 3.8) is 0 Å². The van der Waals surface area contributed by atoms with Crippen LogP contribution in [0.4, 0.5) is 4.79 Å². The van der Waals surface area contributed by atoms with Crippen molar-refractivity contribution in [2.45, 2.75) is 56.4 Å². The van der Waals surface area contributed by atoms with E-state index in [-0.39, 0.29) is 28.8 Å². The summed E-state index contributed by atoms with van der Waals surface area (Å²) in [5.41, 5.74) is 0.200. The molecule has 1 aliphatic carbocycles. The molecule has 3 aromatic rings. The van der Waals surface area contributed by atoms with Gasteiger partial charge >= 0.3 is 6.16 Å². The molecule has 10 heteroatoms. The van der Waals surface area contributed by atoms with Crippen molar-refractivity contribution in [2.75, 3.05) is 6.61 Å². The summed E-state index contributed by atoms with van der Waals surface area (Å²) in [5, 5.41) is 0.761. The third-order valence-electron chi connectivity index (χ3n) is 5.52. The SMILES string of the molecule is CCOC(=O)Oc1c[nH]c2c(=O)[nH]c3ccc(S(=O)(=O)NC4CCCCCC4)cc3c12. The van der Waals surface area contributed by atoms with Crippen LogP contribution in [0.1, 0.15) is 45.4 Å². The Morgan fingerprint density at radius 3 is 2.65 bits per heavy atom. The summed E-state index contributed by atoms with van der Waals surface area (Å²) in [6, 6.07) is 4.40. The molecule has 0 saturated heterocycles. The van der Waals surface area contributed by atoms with Crippen molar-refractivity contribution < 1.29 is 22.7 Å². The zero-order valence-corrected chi connectivity index (χ0v) is 18.0. The van der Waals surface area contributed by atoms with Crippen LogP contribution in [-0.2, 0) is 14.8 Å². The molecule has 1 aromatic carbocycles. The van der Waals surface area contributed by atoms with Crippen LogP contribution in [0.2, 0.25) is 0 Å². The number of carbonyl (C=O) groups excluding carboxylic acids is 1. The lowest BCUT2D eigenvalue weighted by atomic mass is 10.1. The quantitative estimate of drug-likeness (QED) is 0.405. The van der Waals surface area contributed by atoms with Gasteiger partial charge in [0.1, 0.15) is 5.52 Å². The van der Waals surface area contributed by atoms with Gasteiger partial charge < -0.3 is 19.4 Å². The number of sulfonamides is 1. The summed E-state index contributed by atoms with van der Waals surface area (Å²) >= 11 is 0. The Morgan fingerprint density at radius 2 is 1.94 bits per heavy atom. The number of carbonyl (C=O) groups is 1. The lowest BCUT2D eigenvalue weighted by molar-refractivity contribution is 0.105. The highest BCUT2D eigenvalue weighted by atomic mass is 32.2. The second-order valence-electron chi connectivity index (χ2n) is 7.66. The summed E-state index contributed by atoms with van der Waals surface area (Å²) in [5.74, 6) is 0.0934. The highest BCUT2D eigenvalue weighted by molar-refractivity contribution is 7.89. The number of hydrogen-bond acceptors (Lipinski definition) is 6. The van der Waals surface area contributed by atoms with E-state index in [2.05, 4.69) is 14.7 Å². The molecule has 0 radical (unpaired) electrons. The Hall–Kier alpha value is -2.85. The number of ether oxygens (including phenoxy) is 2. The number of hydrogen-bond donors (Lipinski definition) is 3. The first-order chi connectivity index (χ1) is 14.9. The molecule has 1 saturated carbocycles. The minimum absolute atomic E-state index is 0.0841. The van der Waals surface area contributed by atoms with Crippen LogP contribution in [0.15, 0.2) is 34.1 Å². The van der Waals surface area contributed by atoms with Crippen molar-refractivity contribution in [1.29, 1.82) is 0 Å². The average molecular weight is 448 g/mol. The summed E-state index contributed by atoms with van der Waals surface area (Å²) < 4.78 is 39.0. The predicted octanol–water partition coefficient (Wildman–Crippen LogP) is 3.55. The molecule has 0 aliphatic heterocycles. The molecule has 9 nitrogen and oxygen atoms in total. The first-order valence-corrected chi connectivity index (χ1v) is 11.9. The fraction of sp³-hybridized carbons (Fsp3) is 0.429. The summed E-state index contributed by atoms with van der Waals surface area (Å²) in [7, 11) is -3.76. The highest BCUT2D eigenvalue weighted by Gasteiger charge is 2.23. The van der Waals surface area contributed by atoms with Gasteiger partial charge in [-0.3, -0.25) is 4.79 Å². The van der Waals surface area contributed by atoms with Gasteiger partial charge in [0.15, 0.2) is 5.75 Å². The second-order valence-corrected chi connectivity index (χ2v) is 9.37. The molecular weight excluding hydrogens is 422 g/mol. The van der Waals surface area contributed by atoms with Crippen LogP contribution in [0.3, 0.4) is 0 Å². The number of nitrogens with one attached hydrogen (secondary N) is 3. The number of aromatic nitrogens is 2. The van der Waals surface area contributed by atoms with Crippen molar-refractivity contribution in [3.8, 4) is 5.75 Å². The lowest BCUT2D eigenvalue weighted by Gasteiger charge is -2.16. The normalized spacial score (nSPS) is 15.8. The molecule has 31 heavy (non-hydrogen) atoms. The molecule has 0 amide bonds. The molecule has 1 fully saturated rings. The zero-order chi connectivity index (χ0) is 22.0. The Labute approximate surface area is 179 Å². The van der Waals surface area contributed by atoms with Crippen molar-refractivity contribution in [1.82, 2.24) is 14.7 Å². The van der Waals surface area contributed by atoms with Crippen LogP contribution in [0, 0.1) is 0 Å². The molecule has 2 heterocycles. The maximum atomic E-state index is 13.0. The molecule has 0 atom stereocenters. The van der Waals surface area contributed by atoms with E-state index in [1.54, 1.807) is 13.0 Å². The Kier molecular flexibility index (Phi) is 6.01. The number of rotatable bonds is 5. The van der Waals surface area contributed by atoms with Crippen molar-refractivity contribution >= 4 is 38.0 Å². The van der Waals surface area contributed by atoms with E-state index in [9.17, 15) is 18.0 Å². The number of H-pyrrole nitrogens is 2. The van der Waals surface area contributed by atoms with Gasteiger partial charge in [0.2, 0.25) is 10.0 Å². The molecule has 4 rings (SSSR count). The molecule has 0 unspecified atom stereocenters. The summed E-state index contributed by atoms with van der Waals surface area (Å²) in [4.78, 5) is 29.8. The number of pyridine rings is 1. The first-order valence-electron chi connectivity index (χ1n) is 10.4. The third kappa shape index (κ3) is 4.45. The minimum Gasteiger partial charge on any atom is -0.434 e. The Balaban J connectivity index is 1.77. The van der Waals surface area contributed by atoms with Gasteiger partial charge in [-0.2, -0.15) is 0 Å². The highest BCUT2D eigenvalue weighted by Crippen LogP contribution is 2.32. The maximum absolute atomic E-state index is 13.0.